The van der Waals surface area contributed by atoms with E-state index in [4.69, 9.17) is 0 Å². The van der Waals surface area contributed by atoms with E-state index in [-0.39, 0.29) is 34.6 Å². The van der Waals surface area contributed by atoms with Gasteiger partial charge >= 0.3 is 17.4 Å². The van der Waals surface area contributed by atoms with Gasteiger partial charge in [0, 0.05) is 11.1 Å². The van der Waals surface area contributed by atoms with Crippen molar-refractivity contribution in [2.45, 2.75) is 6.92 Å². The average Bonchev–Trinajstić information content (AvgIpc) is 2.82. The van der Waals surface area contributed by atoms with Crippen molar-refractivity contribution >= 4 is 28.3 Å². The summed E-state index contributed by atoms with van der Waals surface area (Å²) in [6.07, 6.45) is 0. The second kappa shape index (κ2) is 15.9. The number of rotatable bonds is 0. The number of hydrogen-bond acceptors (Lipinski definition) is 4. The maximum atomic E-state index is 10.3. The number of pyridine rings is 1. The predicted molar refractivity (Wildman–Crippen MR) is 130 cm³/mol. The number of aryl methyl sites for hydroxylation is 1. The Kier molecular flexibility index (Phi) is 13.2. The maximum Gasteiger partial charge on any atom is 3.00 e. The zero-order valence-electron chi connectivity index (χ0n) is 18.4. The molecule has 0 aliphatic rings. The molecule has 0 unspecified atom stereocenters. The van der Waals surface area contributed by atoms with Gasteiger partial charge in [-0.2, -0.15) is 0 Å². The Morgan fingerprint density at radius 1 is 0.455 bits per heavy atom. The molecule has 0 spiro atoms. The van der Waals surface area contributed by atoms with Crippen molar-refractivity contribution in [1.29, 1.82) is 0 Å². The van der Waals surface area contributed by atoms with Crippen LogP contribution >= 0.6 is 0 Å². The Bertz CT molecular complexity index is 1070. The quantitative estimate of drug-likeness (QED) is 0.327. The minimum atomic E-state index is 0. The van der Waals surface area contributed by atoms with Crippen LogP contribution in [0.4, 0.5) is 0 Å². The molecule has 0 aliphatic heterocycles. The van der Waals surface area contributed by atoms with Crippen LogP contribution < -0.4 is 15.3 Å². The predicted octanol–water partition coefficient (Wildman–Crippen LogP) is 4.44. The van der Waals surface area contributed by atoms with Crippen molar-refractivity contribution in [3.05, 3.63) is 133 Å². The number of hydrogen-bond donors (Lipinski definition) is 0. The molecule has 5 rings (SSSR count). The molecule has 0 saturated carbocycles. The van der Waals surface area contributed by atoms with Gasteiger partial charge in [0.25, 0.3) is 0 Å². The Morgan fingerprint density at radius 3 is 1.18 bits per heavy atom. The first kappa shape index (κ1) is 27.3. The number of fused-ring (bicyclic) bond motifs is 1. The fourth-order valence-corrected chi connectivity index (χ4v) is 2.43. The molecule has 4 nitrogen and oxygen atoms in total. The Balaban J connectivity index is 0.000000223. The molecule has 0 radical (unpaired) electrons. The van der Waals surface area contributed by atoms with E-state index in [0.29, 0.717) is 0 Å². The van der Waals surface area contributed by atoms with Crippen molar-refractivity contribution in [2.75, 3.05) is 0 Å². The molecule has 0 amide bonds. The van der Waals surface area contributed by atoms with E-state index in [1.807, 2.05) is 49.4 Å². The molecular weight excluding hydrogens is 425 g/mol. The number of aromatic nitrogens is 1. The first-order valence-corrected chi connectivity index (χ1v) is 10.0. The first-order chi connectivity index (χ1) is 15.5. The molecular formula is C28H24AlNO3. The molecule has 0 aliphatic carbocycles. The van der Waals surface area contributed by atoms with Gasteiger partial charge in [0.15, 0.2) is 0 Å². The Labute approximate surface area is 205 Å². The van der Waals surface area contributed by atoms with Gasteiger partial charge in [0.2, 0.25) is 0 Å². The monoisotopic (exact) mass is 449 g/mol. The van der Waals surface area contributed by atoms with Crippen LogP contribution in [0.2, 0.25) is 0 Å². The van der Waals surface area contributed by atoms with E-state index in [1.54, 1.807) is 36.4 Å². The Morgan fingerprint density at radius 2 is 0.818 bits per heavy atom. The van der Waals surface area contributed by atoms with Crippen molar-refractivity contribution in [3.8, 4) is 17.2 Å². The summed E-state index contributed by atoms with van der Waals surface area (Å²) in [5.41, 5.74) is 2.15. The number of para-hydroxylation sites is 4. The van der Waals surface area contributed by atoms with E-state index < -0.39 is 0 Å². The largest absolute Gasteiger partial charge is 3.00 e. The molecule has 1 heterocycles. The Hall–Kier alpha value is -3.78. The van der Waals surface area contributed by atoms with Gasteiger partial charge in [-0.3, -0.25) is 4.98 Å². The molecule has 5 aromatic rings. The molecule has 5 heteroatoms. The standard InChI is InChI=1S/C10H9N.3C6H6O.Al/c1-8-6-7-9-4-2-3-5-10(9)11-8;3*7-6-4-2-1-3-5-6;/h2-7H,1H3;3*1-5,7H;/q;;;;+3/p-3. The molecule has 0 saturated heterocycles. The van der Waals surface area contributed by atoms with Crippen LogP contribution in [0.1, 0.15) is 5.69 Å². The number of benzene rings is 4. The van der Waals surface area contributed by atoms with E-state index in [0.717, 1.165) is 11.2 Å². The topological polar surface area (TPSA) is 82.1 Å². The molecule has 0 fully saturated rings. The van der Waals surface area contributed by atoms with Crippen molar-refractivity contribution in [1.82, 2.24) is 4.98 Å². The van der Waals surface area contributed by atoms with Crippen molar-refractivity contribution in [2.24, 2.45) is 0 Å². The minimum Gasteiger partial charge on any atom is -0.872 e. The van der Waals surface area contributed by atoms with E-state index >= 15 is 0 Å². The molecule has 162 valence electrons. The van der Waals surface area contributed by atoms with Gasteiger partial charge in [-0.15, -0.1) is 17.2 Å². The molecule has 0 bridgehead atoms. The molecule has 4 aromatic carbocycles. The van der Waals surface area contributed by atoms with E-state index in [9.17, 15) is 15.3 Å². The summed E-state index contributed by atoms with van der Waals surface area (Å²) in [7, 11) is 0. The summed E-state index contributed by atoms with van der Waals surface area (Å²) in [4.78, 5) is 4.38. The zero-order valence-corrected chi connectivity index (χ0v) is 19.5. The summed E-state index contributed by atoms with van der Waals surface area (Å²) in [5, 5.41) is 32.0. The van der Waals surface area contributed by atoms with Crippen LogP contribution in [-0.4, -0.2) is 22.3 Å². The fraction of sp³-hybridized carbons (Fsp3) is 0.0357. The summed E-state index contributed by atoms with van der Waals surface area (Å²) < 4.78 is 0. The second-order valence-electron chi connectivity index (χ2n) is 6.58. The summed E-state index contributed by atoms with van der Waals surface area (Å²) in [6, 6.07) is 37.2. The molecule has 0 atom stereocenters. The van der Waals surface area contributed by atoms with Gasteiger partial charge in [0.1, 0.15) is 0 Å². The van der Waals surface area contributed by atoms with E-state index in [1.165, 1.54) is 41.8 Å². The smallest absolute Gasteiger partial charge is 0.872 e. The average molecular weight is 449 g/mol. The van der Waals surface area contributed by atoms with Gasteiger partial charge < -0.3 is 15.3 Å². The van der Waals surface area contributed by atoms with Crippen LogP contribution in [-0.2, 0) is 0 Å². The summed E-state index contributed by atoms with van der Waals surface area (Å²) >= 11 is 0. The van der Waals surface area contributed by atoms with Crippen molar-refractivity contribution < 1.29 is 15.3 Å². The van der Waals surface area contributed by atoms with Crippen molar-refractivity contribution in [3.63, 3.8) is 0 Å². The molecule has 0 N–H and O–H groups in total. The number of nitrogens with zero attached hydrogens (tertiary/aromatic N) is 1. The third-order valence-electron chi connectivity index (χ3n) is 3.97. The third kappa shape index (κ3) is 12.0. The summed E-state index contributed by atoms with van der Waals surface area (Å²) in [6.45, 7) is 2.01. The molecule has 33 heavy (non-hydrogen) atoms. The third-order valence-corrected chi connectivity index (χ3v) is 3.97. The minimum absolute atomic E-state index is 0. The van der Waals surface area contributed by atoms with Gasteiger partial charge in [0.05, 0.1) is 5.52 Å². The van der Waals surface area contributed by atoms with Crippen LogP contribution in [0, 0.1) is 6.92 Å². The van der Waals surface area contributed by atoms with Gasteiger partial charge in [-0.25, -0.2) is 0 Å². The zero-order chi connectivity index (χ0) is 23.0. The molecule has 1 aromatic heterocycles. The first-order valence-electron chi connectivity index (χ1n) is 10.0. The second-order valence-corrected chi connectivity index (χ2v) is 6.58. The normalized spacial score (nSPS) is 8.88. The maximum absolute atomic E-state index is 10.3. The van der Waals surface area contributed by atoms with Crippen LogP contribution in [0.15, 0.2) is 127 Å². The van der Waals surface area contributed by atoms with Crippen LogP contribution in [0.25, 0.3) is 10.9 Å². The fourth-order valence-electron chi connectivity index (χ4n) is 2.43. The summed E-state index contributed by atoms with van der Waals surface area (Å²) in [5.74, 6) is 0.215. The van der Waals surface area contributed by atoms with Crippen LogP contribution in [0.5, 0.6) is 17.2 Å². The van der Waals surface area contributed by atoms with Gasteiger partial charge in [-0.05, 0) is 19.1 Å². The SMILES string of the molecule is Cc1ccc2ccccc2n1.[Al+3].[O-]c1ccccc1.[O-]c1ccccc1.[O-]c1ccccc1. The van der Waals surface area contributed by atoms with Gasteiger partial charge in [-0.1, -0.05) is 115 Å². The van der Waals surface area contributed by atoms with Crippen LogP contribution in [0.3, 0.4) is 0 Å². The van der Waals surface area contributed by atoms with E-state index in [2.05, 4.69) is 17.1 Å².